The zero-order valence-corrected chi connectivity index (χ0v) is 20.7. The van der Waals surface area contributed by atoms with Crippen molar-refractivity contribution in [1.29, 1.82) is 0 Å². The number of nitro benzene ring substituents is 1. The molecule has 9 heteroatoms. The third-order valence-corrected chi connectivity index (χ3v) is 5.83. The maximum absolute atomic E-state index is 13.6. The van der Waals surface area contributed by atoms with Crippen molar-refractivity contribution in [3.05, 3.63) is 99.9 Å². The zero-order valence-electron chi connectivity index (χ0n) is 20.7. The lowest BCUT2D eigenvalue weighted by atomic mass is 10.1. The summed E-state index contributed by atoms with van der Waals surface area (Å²) in [4.78, 5) is 40.6. The molecule has 0 aliphatic carbocycles. The van der Waals surface area contributed by atoms with Gasteiger partial charge in [0.1, 0.15) is 6.54 Å². The van der Waals surface area contributed by atoms with E-state index in [0.29, 0.717) is 44.8 Å². The first kappa shape index (κ1) is 26.6. The van der Waals surface area contributed by atoms with Crippen molar-refractivity contribution in [3.8, 4) is 0 Å². The Morgan fingerprint density at radius 3 is 2.31 bits per heavy atom. The Bertz CT molecular complexity index is 1140. The summed E-state index contributed by atoms with van der Waals surface area (Å²) in [7, 11) is 1.93. The third kappa shape index (κ3) is 7.51. The van der Waals surface area contributed by atoms with E-state index in [1.165, 1.54) is 29.2 Å². The first-order valence-corrected chi connectivity index (χ1v) is 11.9. The Kier molecular flexibility index (Phi) is 9.76. The van der Waals surface area contributed by atoms with Crippen LogP contribution in [0.5, 0.6) is 0 Å². The van der Waals surface area contributed by atoms with Crippen LogP contribution in [0, 0.1) is 10.1 Å². The van der Waals surface area contributed by atoms with Crippen molar-refractivity contribution in [2.75, 3.05) is 26.3 Å². The number of nitrogens with zero attached hydrogens (tertiary/aromatic N) is 4. The highest BCUT2D eigenvalue weighted by atomic mass is 16.6. The number of non-ortho nitro benzene ring substituents is 1. The summed E-state index contributed by atoms with van der Waals surface area (Å²) in [6.07, 6.45) is 2.50. The van der Waals surface area contributed by atoms with Gasteiger partial charge in [-0.05, 0) is 43.2 Å². The fourth-order valence-electron chi connectivity index (χ4n) is 3.82. The Morgan fingerprint density at radius 1 is 0.972 bits per heavy atom. The zero-order chi connectivity index (χ0) is 25.9. The number of amides is 2. The van der Waals surface area contributed by atoms with Gasteiger partial charge in [0.15, 0.2) is 0 Å². The molecule has 0 bridgehead atoms. The number of hydrogen-bond acceptors (Lipinski definition) is 5. The van der Waals surface area contributed by atoms with E-state index in [-0.39, 0.29) is 24.0 Å². The molecule has 2 aromatic carbocycles. The molecule has 1 aromatic heterocycles. The molecule has 0 aliphatic rings. The van der Waals surface area contributed by atoms with E-state index in [0.717, 1.165) is 11.3 Å². The Labute approximate surface area is 211 Å². The molecule has 1 heterocycles. The highest BCUT2D eigenvalue weighted by molar-refractivity contribution is 5.96. The van der Waals surface area contributed by atoms with E-state index >= 15 is 0 Å². The molecule has 0 unspecified atom stereocenters. The van der Waals surface area contributed by atoms with Crippen LogP contribution >= 0.6 is 0 Å². The van der Waals surface area contributed by atoms with Crippen LogP contribution in [-0.2, 0) is 29.7 Å². The van der Waals surface area contributed by atoms with Crippen LogP contribution < -0.4 is 0 Å². The lowest BCUT2D eigenvalue weighted by Gasteiger charge is -2.28. The largest absolute Gasteiger partial charge is 0.382 e. The summed E-state index contributed by atoms with van der Waals surface area (Å²) in [5.41, 5.74) is 2.16. The van der Waals surface area contributed by atoms with Crippen molar-refractivity contribution in [2.24, 2.45) is 7.05 Å². The maximum atomic E-state index is 13.6. The molecule has 190 valence electrons. The molecule has 0 fully saturated rings. The van der Waals surface area contributed by atoms with E-state index in [1.807, 2.05) is 67.2 Å². The third-order valence-electron chi connectivity index (χ3n) is 5.83. The van der Waals surface area contributed by atoms with E-state index in [1.54, 1.807) is 4.90 Å². The Hall–Kier alpha value is -3.98. The summed E-state index contributed by atoms with van der Waals surface area (Å²) >= 11 is 0. The molecule has 3 aromatic rings. The average Bonchev–Trinajstić information content (AvgIpc) is 3.29. The number of nitro groups is 1. The number of rotatable bonds is 13. The van der Waals surface area contributed by atoms with E-state index < -0.39 is 4.92 Å². The molecule has 0 atom stereocenters. The van der Waals surface area contributed by atoms with Crippen LogP contribution in [0.25, 0.3) is 0 Å². The quantitative estimate of drug-likeness (QED) is 0.204. The van der Waals surface area contributed by atoms with Gasteiger partial charge in [-0.1, -0.05) is 30.3 Å². The van der Waals surface area contributed by atoms with Gasteiger partial charge in [-0.25, -0.2) is 0 Å². The van der Waals surface area contributed by atoms with Gasteiger partial charge in [0.2, 0.25) is 5.91 Å². The van der Waals surface area contributed by atoms with E-state index in [4.69, 9.17) is 4.74 Å². The van der Waals surface area contributed by atoms with Gasteiger partial charge in [0.05, 0.1) is 11.5 Å². The lowest BCUT2D eigenvalue weighted by molar-refractivity contribution is -0.384. The standard InChI is InChI=1S/C27H32N4O5/c1-3-36-18-8-17-29(27(33)23-12-14-24(15-13-23)31(34)35)21-26(32)30(19-22-9-5-4-6-10-22)20-25-11-7-16-28(25)2/h4-7,9-16H,3,8,17-21H2,1-2H3. The second kappa shape index (κ2) is 13.2. The fraction of sp³-hybridized carbons (Fsp3) is 0.333. The van der Waals surface area contributed by atoms with Gasteiger partial charge in [-0.15, -0.1) is 0 Å². The molecular formula is C27H32N4O5. The summed E-state index contributed by atoms with van der Waals surface area (Å²) in [5.74, 6) is -0.542. The molecular weight excluding hydrogens is 460 g/mol. The first-order chi connectivity index (χ1) is 17.4. The van der Waals surface area contributed by atoms with Crippen molar-refractivity contribution in [2.45, 2.75) is 26.4 Å². The fourth-order valence-corrected chi connectivity index (χ4v) is 3.82. The minimum Gasteiger partial charge on any atom is -0.382 e. The summed E-state index contributed by atoms with van der Waals surface area (Å²) in [6, 6.07) is 19.0. The predicted octanol–water partition coefficient (Wildman–Crippen LogP) is 4.03. The minimum absolute atomic E-state index is 0.0953. The van der Waals surface area contributed by atoms with Crippen LogP contribution in [0.2, 0.25) is 0 Å². The van der Waals surface area contributed by atoms with Crippen LogP contribution in [0.1, 0.15) is 35.0 Å². The molecule has 0 aliphatic heterocycles. The van der Waals surface area contributed by atoms with Crippen molar-refractivity contribution < 1.29 is 19.2 Å². The van der Waals surface area contributed by atoms with Gasteiger partial charge in [-0.2, -0.15) is 0 Å². The molecule has 0 saturated carbocycles. The molecule has 0 saturated heterocycles. The van der Waals surface area contributed by atoms with E-state index in [2.05, 4.69) is 0 Å². The minimum atomic E-state index is -0.511. The second-order valence-electron chi connectivity index (χ2n) is 8.43. The van der Waals surface area contributed by atoms with Crippen molar-refractivity contribution >= 4 is 17.5 Å². The van der Waals surface area contributed by atoms with Crippen molar-refractivity contribution in [1.82, 2.24) is 14.4 Å². The summed E-state index contributed by atoms with van der Waals surface area (Å²) in [6.45, 7) is 3.94. The van der Waals surface area contributed by atoms with Crippen LogP contribution in [0.4, 0.5) is 5.69 Å². The van der Waals surface area contributed by atoms with Gasteiger partial charge in [-0.3, -0.25) is 19.7 Å². The van der Waals surface area contributed by atoms with Crippen molar-refractivity contribution in [3.63, 3.8) is 0 Å². The predicted molar refractivity (Wildman–Crippen MR) is 136 cm³/mol. The first-order valence-electron chi connectivity index (χ1n) is 11.9. The smallest absolute Gasteiger partial charge is 0.269 e. The van der Waals surface area contributed by atoms with Gasteiger partial charge in [0.25, 0.3) is 11.6 Å². The number of carbonyl (C=O) groups excluding carboxylic acids is 2. The summed E-state index contributed by atoms with van der Waals surface area (Å²) in [5, 5.41) is 11.0. The number of aryl methyl sites for hydroxylation is 1. The Balaban J connectivity index is 1.80. The SMILES string of the molecule is CCOCCCN(CC(=O)N(Cc1ccccc1)Cc1cccn1C)C(=O)c1ccc([N+](=O)[O-])cc1. The van der Waals surface area contributed by atoms with Crippen LogP contribution in [-0.4, -0.2) is 57.4 Å². The molecule has 9 nitrogen and oxygen atoms in total. The number of hydrogen-bond donors (Lipinski definition) is 0. The average molecular weight is 493 g/mol. The second-order valence-corrected chi connectivity index (χ2v) is 8.43. The molecule has 0 N–H and O–H groups in total. The molecule has 2 amide bonds. The lowest BCUT2D eigenvalue weighted by Crippen LogP contribution is -2.43. The van der Waals surface area contributed by atoms with Crippen LogP contribution in [0.15, 0.2) is 72.9 Å². The molecule has 3 rings (SSSR count). The maximum Gasteiger partial charge on any atom is 0.269 e. The monoisotopic (exact) mass is 492 g/mol. The van der Waals surface area contributed by atoms with Crippen LogP contribution in [0.3, 0.4) is 0 Å². The number of ether oxygens (including phenoxy) is 1. The molecule has 36 heavy (non-hydrogen) atoms. The van der Waals surface area contributed by atoms with Gasteiger partial charge < -0.3 is 19.1 Å². The number of benzene rings is 2. The van der Waals surface area contributed by atoms with Gasteiger partial charge in [0, 0.05) is 62.9 Å². The number of carbonyl (C=O) groups is 2. The van der Waals surface area contributed by atoms with E-state index in [9.17, 15) is 19.7 Å². The summed E-state index contributed by atoms with van der Waals surface area (Å²) < 4.78 is 7.38. The van der Waals surface area contributed by atoms with Gasteiger partial charge >= 0.3 is 0 Å². The highest BCUT2D eigenvalue weighted by Gasteiger charge is 2.23. The Morgan fingerprint density at radius 2 is 1.69 bits per heavy atom. The normalized spacial score (nSPS) is 10.7. The molecule has 0 radical (unpaired) electrons. The molecule has 0 spiro atoms. The number of aromatic nitrogens is 1. The topological polar surface area (TPSA) is 97.9 Å². The highest BCUT2D eigenvalue weighted by Crippen LogP contribution is 2.16.